The average molecular weight is 391 g/mol. The summed E-state index contributed by atoms with van der Waals surface area (Å²) in [6.07, 6.45) is 1.91. The molecule has 7 heteroatoms. The monoisotopic (exact) mass is 391 g/mol. The first-order valence-electron chi connectivity index (χ1n) is 8.88. The van der Waals surface area contributed by atoms with Gasteiger partial charge in [0.2, 0.25) is 6.79 Å². The van der Waals surface area contributed by atoms with Crippen LogP contribution in [0.5, 0.6) is 11.5 Å². The molecular formula is C21H17N3O3S. The fraction of sp³-hybridized carbons (Fsp3) is 0.143. The van der Waals surface area contributed by atoms with Crippen molar-refractivity contribution >= 4 is 22.2 Å². The van der Waals surface area contributed by atoms with E-state index in [4.69, 9.17) is 9.47 Å². The van der Waals surface area contributed by atoms with Gasteiger partial charge in [0.1, 0.15) is 5.69 Å². The summed E-state index contributed by atoms with van der Waals surface area (Å²) < 4.78 is 12.5. The van der Waals surface area contributed by atoms with Gasteiger partial charge in [-0.2, -0.15) is 0 Å². The number of carbonyl (C=O) groups is 1. The molecule has 1 aliphatic heterocycles. The van der Waals surface area contributed by atoms with Gasteiger partial charge in [-0.05, 0) is 24.6 Å². The number of rotatable bonds is 4. The molecule has 0 saturated carbocycles. The van der Waals surface area contributed by atoms with Crippen LogP contribution in [0, 0.1) is 6.92 Å². The van der Waals surface area contributed by atoms with E-state index in [2.05, 4.69) is 29.4 Å². The van der Waals surface area contributed by atoms with Crippen LogP contribution in [-0.2, 0) is 6.54 Å². The lowest BCUT2D eigenvalue weighted by Gasteiger charge is -2.05. The molecule has 0 bridgehead atoms. The molecule has 0 fully saturated rings. The van der Waals surface area contributed by atoms with Crippen LogP contribution >= 0.6 is 11.3 Å². The summed E-state index contributed by atoms with van der Waals surface area (Å²) >= 11 is 1.45. The number of ether oxygens (including phenoxy) is 2. The molecular weight excluding hydrogens is 374 g/mol. The maximum Gasteiger partial charge on any atom is 0.269 e. The van der Waals surface area contributed by atoms with Crippen LogP contribution in [0.3, 0.4) is 0 Å². The van der Waals surface area contributed by atoms with Gasteiger partial charge in [-0.3, -0.25) is 9.20 Å². The molecule has 6 nitrogen and oxygen atoms in total. The minimum absolute atomic E-state index is 0.142. The highest BCUT2D eigenvalue weighted by Crippen LogP contribution is 2.32. The molecule has 0 atom stereocenters. The van der Waals surface area contributed by atoms with Crippen molar-refractivity contribution in [3.05, 3.63) is 70.9 Å². The number of hydrogen-bond acceptors (Lipinski definition) is 5. The van der Waals surface area contributed by atoms with Gasteiger partial charge in [-0.1, -0.05) is 35.9 Å². The zero-order chi connectivity index (χ0) is 19.1. The number of nitrogens with one attached hydrogen (secondary N) is 1. The number of fused-ring (bicyclic) bond motifs is 2. The van der Waals surface area contributed by atoms with Gasteiger partial charge in [-0.25, -0.2) is 4.98 Å². The van der Waals surface area contributed by atoms with Crippen molar-refractivity contribution in [2.24, 2.45) is 0 Å². The summed E-state index contributed by atoms with van der Waals surface area (Å²) in [4.78, 5) is 18.1. The Bertz CT molecular complexity index is 1180. The quantitative estimate of drug-likeness (QED) is 0.570. The Kier molecular flexibility index (Phi) is 4.02. The van der Waals surface area contributed by atoms with E-state index in [1.165, 1.54) is 16.9 Å². The minimum Gasteiger partial charge on any atom is -0.454 e. The largest absolute Gasteiger partial charge is 0.454 e. The molecule has 0 spiro atoms. The summed E-state index contributed by atoms with van der Waals surface area (Å²) in [7, 11) is 0. The first-order chi connectivity index (χ1) is 13.7. The Morgan fingerprint density at radius 3 is 2.86 bits per heavy atom. The SMILES string of the molecule is Cc1ccc(-c2cn3c(C(=O)NCc4ccc5c(c4)OCO5)csc3n2)cc1. The molecule has 0 unspecified atom stereocenters. The summed E-state index contributed by atoms with van der Waals surface area (Å²) in [5.41, 5.74) is 4.62. The van der Waals surface area contributed by atoms with E-state index in [-0.39, 0.29) is 12.7 Å². The molecule has 2 aromatic heterocycles. The van der Waals surface area contributed by atoms with E-state index in [1.807, 2.05) is 46.3 Å². The molecule has 4 aromatic rings. The number of thiazole rings is 1. The number of carbonyl (C=O) groups excluding carboxylic acids is 1. The van der Waals surface area contributed by atoms with Crippen LogP contribution in [0.15, 0.2) is 54.0 Å². The second-order valence-electron chi connectivity index (χ2n) is 6.64. The summed E-state index contributed by atoms with van der Waals surface area (Å²) in [6.45, 7) is 2.70. The lowest BCUT2D eigenvalue weighted by molar-refractivity contribution is 0.0945. The van der Waals surface area contributed by atoms with Crippen molar-refractivity contribution < 1.29 is 14.3 Å². The van der Waals surface area contributed by atoms with Crippen molar-refractivity contribution in [1.82, 2.24) is 14.7 Å². The van der Waals surface area contributed by atoms with E-state index in [0.717, 1.165) is 27.5 Å². The van der Waals surface area contributed by atoms with Gasteiger partial charge >= 0.3 is 0 Å². The first kappa shape index (κ1) is 16.8. The van der Waals surface area contributed by atoms with E-state index < -0.39 is 0 Å². The van der Waals surface area contributed by atoms with E-state index in [9.17, 15) is 4.79 Å². The molecule has 140 valence electrons. The van der Waals surface area contributed by atoms with Crippen LogP contribution in [-0.4, -0.2) is 22.1 Å². The van der Waals surface area contributed by atoms with E-state index in [0.29, 0.717) is 18.0 Å². The highest BCUT2D eigenvalue weighted by Gasteiger charge is 2.16. The third kappa shape index (κ3) is 2.99. The number of aryl methyl sites for hydroxylation is 1. The number of aromatic nitrogens is 2. The van der Waals surface area contributed by atoms with Gasteiger partial charge in [0, 0.05) is 23.7 Å². The Balaban J connectivity index is 1.35. The van der Waals surface area contributed by atoms with Gasteiger partial charge in [0.15, 0.2) is 16.5 Å². The third-order valence-electron chi connectivity index (χ3n) is 4.68. The normalized spacial score (nSPS) is 12.5. The van der Waals surface area contributed by atoms with Crippen molar-refractivity contribution in [2.45, 2.75) is 13.5 Å². The first-order valence-corrected chi connectivity index (χ1v) is 9.76. The molecule has 3 heterocycles. The zero-order valence-corrected chi connectivity index (χ0v) is 16.0. The smallest absolute Gasteiger partial charge is 0.269 e. The molecule has 0 radical (unpaired) electrons. The fourth-order valence-corrected chi connectivity index (χ4v) is 3.99. The molecule has 5 rings (SSSR count). The number of imidazole rings is 1. The highest BCUT2D eigenvalue weighted by atomic mass is 32.1. The van der Waals surface area contributed by atoms with Crippen LogP contribution in [0.4, 0.5) is 0 Å². The lowest BCUT2D eigenvalue weighted by Crippen LogP contribution is -2.23. The van der Waals surface area contributed by atoms with Crippen molar-refractivity contribution in [3.63, 3.8) is 0 Å². The zero-order valence-electron chi connectivity index (χ0n) is 15.1. The predicted molar refractivity (Wildman–Crippen MR) is 107 cm³/mol. The molecule has 0 saturated heterocycles. The molecule has 1 N–H and O–H groups in total. The second-order valence-corrected chi connectivity index (χ2v) is 7.47. The van der Waals surface area contributed by atoms with Gasteiger partial charge in [0.25, 0.3) is 5.91 Å². The van der Waals surface area contributed by atoms with Gasteiger partial charge < -0.3 is 14.8 Å². The Morgan fingerprint density at radius 2 is 2.00 bits per heavy atom. The maximum absolute atomic E-state index is 12.7. The molecule has 2 aromatic carbocycles. The predicted octanol–water partition coefficient (Wildman–Crippen LogP) is 4.03. The second kappa shape index (κ2) is 6.69. The Hall–Kier alpha value is -3.32. The van der Waals surface area contributed by atoms with E-state index in [1.54, 1.807) is 0 Å². The summed E-state index contributed by atoms with van der Waals surface area (Å²) in [5, 5.41) is 4.79. The number of hydrogen-bond donors (Lipinski definition) is 1. The molecule has 28 heavy (non-hydrogen) atoms. The highest BCUT2D eigenvalue weighted by molar-refractivity contribution is 7.15. The van der Waals surface area contributed by atoms with Crippen LogP contribution in [0.25, 0.3) is 16.2 Å². The molecule has 1 aliphatic rings. The Labute approximate surface area is 165 Å². The number of nitrogens with zero attached hydrogens (tertiary/aromatic N) is 2. The number of benzene rings is 2. The van der Waals surface area contributed by atoms with Crippen molar-refractivity contribution in [3.8, 4) is 22.8 Å². The fourth-order valence-electron chi connectivity index (χ4n) is 3.13. The van der Waals surface area contributed by atoms with Crippen molar-refractivity contribution in [1.29, 1.82) is 0 Å². The van der Waals surface area contributed by atoms with Gasteiger partial charge in [-0.15, -0.1) is 11.3 Å². The summed E-state index contributed by atoms with van der Waals surface area (Å²) in [5.74, 6) is 1.30. The molecule has 1 amide bonds. The Morgan fingerprint density at radius 1 is 1.18 bits per heavy atom. The summed E-state index contributed by atoms with van der Waals surface area (Å²) in [6, 6.07) is 13.9. The standard InChI is InChI=1S/C21H17N3O3S/c1-13-2-5-15(6-3-13)16-10-24-17(11-28-21(24)23-16)20(25)22-9-14-4-7-18-19(8-14)27-12-26-18/h2-8,10-11H,9,12H2,1H3,(H,22,25). The van der Waals surface area contributed by atoms with Crippen LogP contribution in [0.1, 0.15) is 21.6 Å². The minimum atomic E-state index is -0.142. The lowest BCUT2D eigenvalue weighted by atomic mass is 10.1. The molecule has 0 aliphatic carbocycles. The maximum atomic E-state index is 12.7. The number of amides is 1. The van der Waals surface area contributed by atoms with E-state index >= 15 is 0 Å². The topological polar surface area (TPSA) is 64.9 Å². The van der Waals surface area contributed by atoms with Crippen molar-refractivity contribution in [2.75, 3.05) is 6.79 Å². The van der Waals surface area contributed by atoms with Crippen LogP contribution < -0.4 is 14.8 Å². The third-order valence-corrected chi connectivity index (χ3v) is 5.52. The average Bonchev–Trinajstić information content (AvgIpc) is 3.41. The van der Waals surface area contributed by atoms with Gasteiger partial charge in [0.05, 0.1) is 5.69 Å². The van der Waals surface area contributed by atoms with Crippen LogP contribution in [0.2, 0.25) is 0 Å².